The van der Waals surface area contributed by atoms with Crippen LogP contribution in [-0.4, -0.2) is 5.25 Å². The molecule has 98 valence electrons. The standard InChI is InChI=1S/C15H13F2NS/c16-11-5-10(6-12(17)8-11)15(18)14-7-9-3-1-2-4-13(9)19-14/h1-6,8,14-15H,7,18H2. The molecule has 3 rings (SSSR count). The summed E-state index contributed by atoms with van der Waals surface area (Å²) in [6, 6.07) is 11.2. The molecule has 0 spiro atoms. The van der Waals surface area contributed by atoms with Gasteiger partial charge < -0.3 is 5.73 Å². The van der Waals surface area contributed by atoms with E-state index < -0.39 is 11.6 Å². The first kappa shape index (κ1) is 12.6. The second-order valence-electron chi connectivity index (χ2n) is 4.70. The highest BCUT2D eigenvalue weighted by Crippen LogP contribution is 2.41. The molecule has 0 radical (unpaired) electrons. The van der Waals surface area contributed by atoms with Crippen molar-refractivity contribution in [2.24, 2.45) is 5.73 Å². The summed E-state index contributed by atoms with van der Waals surface area (Å²) in [4.78, 5) is 1.21. The quantitative estimate of drug-likeness (QED) is 0.906. The summed E-state index contributed by atoms with van der Waals surface area (Å²) in [6.45, 7) is 0. The molecule has 2 aromatic rings. The van der Waals surface area contributed by atoms with Crippen LogP contribution in [0.1, 0.15) is 17.2 Å². The fourth-order valence-corrected chi connectivity index (χ4v) is 3.74. The van der Waals surface area contributed by atoms with Gasteiger partial charge in [0.05, 0.1) is 0 Å². The average molecular weight is 277 g/mol. The zero-order chi connectivity index (χ0) is 13.4. The predicted octanol–water partition coefficient (Wildman–Crippen LogP) is 3.68. The van der Waals surface area contributed by atoms with Crippen molar-refractivity contribution in [1.29, 1.82) is 0 Å². The Labute approximate surface area is 114 Å². The van der Waals surface area contributed by atoms with E-state index in [9.17, 15) is 8.78 Å². The van der Waals surface area contributed by atoms with Crippen molar-refractivity contribution in [3.63, 3.8) is 0 Å². The minimum atomic E-state index is -0.578. The Hall–Kier alpha value is -1.39. The van der Waals surface area contributed by atoms with Crippen LogP contribution < -0.4 is 5.73 Å². The number of benzene rings is 2. The Morgan fingerprint density at radius 1 is 1.11 bits per heavy atom. The lowest BCUT2D eigenvalue weighted by atomic mass is 9.99. The highest BCUT2D eigenvalue weighted by Gasteiger charge is 2.28. The van der Waals surface area contributed by atoms with Gasteiger partial charge in [0.2, 0.25) is 0 Å². The number of hydrogen-bond acceptors (Lipinski definition) is 2. The minimum Gasteiger partial charge on any atom is -0.323 e. The maximum absolute atomic E-state index is 13.2. The van der Waals surface area contributed by atoms with E-state index in [-0.39, 0.29) is 11.3 Å². The molecule has 2 N–H and O–H groups in total. The van der Waals surface area contributed by atoms with Gasteiger partial charge in [0.15, 0.2) is 0 Å². The van der Waals surface area contributed by atoms with Crippen LogP contribution in [0.25, 0.3) is 0 Å². The second-order valence-corrected chi connectivity index (χ2v) is 5.98. The summed E-state index contributed by atoms with van der Waals surface area (Å²) < 4.78 is 26.5. The Morgan fingerprint density at radius 3 is 2.47 bits per heavy atom. The van der Waals surface area contributed by atoms with Gasteiger partial charge in [-0.2, -0.15) is 0 Å². The maximum Gasteiger partial charge on any atom is 0.126 e. The summed E-state index contributed by atoms with van der Waals surface area (Å²) >= 11 is 1.68. The van der Waals surface area contributed by atoms with E-state index in [4.69, 9.17) is 5.73 Å². The molecule has 0 aromatic heterocycles. The normalized spacial score (nSPS) is 19.2. The lowest BCUT2D eigenvalue weighted by Crippen LogP contribution is -2.23. The third-order valence-electron chi connectivity index (χ3n) is 3.34. The van der Waals surface area contributed by atoms with Gasteiger partial charge in [0.1, 0.15) is 11.6 Å². The average Bonchev–Trinajstić information content (AvgIpc) is 2.80. The summed E-state index contributed by atoms with van der Waals surface area (Å²) in [7, 11) is 0. The molecular formula is C15H13F2NS. The van der Waals surface area contributed by atoms with E-state index in [1.165, 1.54) is 22.6 Å². The highest BCUT2D eigenvalue weighted by molar-refractivity contribution is 8.00. The fourth-order valence-electron chi connectivity index (χ4n) is 2.39. The molecule has 4 heteroatoms. The maximum atomic E-state index is 13.2. The van der Waals surface area contributed by atoms with Crippen molar-refractivity contribution in [2.75, 3.05) is 0 Å². The van der Waals surface area contributed by atoms with Crippen LogP contribution in [0.5, 0.6) is 0 Å². The topological polar surface area (TPSA) is 26.0 Å². The van der Waals surface area contributed by atoms with Gasteiger partial charge in [-0.15, -0.1) is 11.8 Å². The molecule has 0 bridgehead atoms. The third-order valence-corrected chi connectivity index (χ3v) is 4.76. The van der Waals surface area contributed by atoms with Crippen molar-refractivity contribution in [2.45, 2.75) is 22.6 Å². The first-order valence-corrected chi connectivity index (χ1v) is 6.97. The fraction of sp³-hybridized carbons (Fsp3) is 0.200. The van der Waals surface area contributed by atoms with Crippen LogP contribution in [0.2, 0.25) is 0 Å². The molecule has 0 saturated carbocycles. The largest absolute Gasteiger partial charge is 0.323 e. The first-order chi connectivity index (χ1) is 9.13. The van der Waals surface area contributed by atoms with Gasteiger partial charge in [0.25, 0.3) is 0 Å². The molecule has 1 aliphatic rings. The van der Waals surface area contributed by atoms with Crippen molar-refractivity contribution in [3.05, 3.63) is 65.2 Å². The molecule has 19 heavy (non-hydrogen) atoms. The number of fused-ring (bicyclic) bond motifs is 1. The van der Waals surface area contributed by atoms with Crippen LogP contribution in [0.4, 0.5) is 8.78 Å². The predicted molar refractivity (Wildman–Crippen MR) is 73.1 cm³/mol. The number of nitrogens with two attached hydrogens (primary N) is 1. The van der Waals surface area contributed by atoms with E-state index in [0.29, 0.717) is 5.56 Å². The van der Waals surface area contributed by atoms with Gasteiger partial charge >= 0.3 is 0 Å². The number of thioether (sulfide) groups is 1. The van der Waals surface area contributed by atoms with E-state index in [1.807, 2.05) is 12.1 Å². The van der Waals surface area contributed by atoms with Crippen LogP contribution in [-0.2, 0) is 6.42 Å². The van der Waals surface area contributed by atoms with Crippen LogP contribution in [0, 0.1) is 11.6 Å². The van der Waals surface area contributed by atoms with Crippen LogP contribution in [0.15, 0.2) is 47.4 Å². The van der Waals surface area contributed by atoms with E-state index >= 15 is 0 Å². The third kappa shape index (κ3) is 2.51. The number of hydrogen-bond donors (Lipinski definition) is 1. The van der Waals surface area contributed by atoms with Crippen molar-refractivity contribution in [1.82, 2.24) is 0 Å². The van der Waals surface area contributed by atoms with Gasteiger partial charge in [-0.25, -0.2) is 8.78 Å². The van der Waals surface area contributed by atoms with Gasteiger partial charge in [0, 0.05) is 22.3 Å². The SMILES string of the molecule is NC(c1cc(F)cc(F)c1)C1Cc2ccccc2S1. The first-order valence-electron chi connectivity index (χ1n) is 6.09. The molecule has 2 unspecified atom stereocenters. The van der Waals surface area contributed by atoms with E-state index in [0.717, 1.165) is 12.5 Å². The minimum absolute atomic E-state index is 0.124. The molecule has 2 atom stereocenters. The molecule has 0 saturated heterocycles. The van der Waals surface area contributed by atoms with Crippen molar-refractivity contribution < 1.29 is 8.78 Å². The molecule has 0 amide bonds. The Kier molecular flexibility index (Phi) is 3.29. The molecule has 2 aromatic carbocycles. The lowest BCUT2D eigenvalue weighted by Gasteiger charge is -2.18. The van der Waals surface area contributed by atoms with Crippen LogP contribution in [0.3, 0.4) is 0 Å². The Bertz CT molecular complexity index is 570. The highest BCUT2D eigenvalue weighted by atomic mass is 32.2. The molecule has 0 aliphatic carbocycles. The number of halogens is 2. The molecule has 1 aliphatic heterocycles. The molecular weight excluding hydrogens is 264 g/mol. The van der Waals surface area contributed by atoms with Gasteiger partial charge in [-0.1, -0.05) is 18.2 Å². The van der Waals surface area contributed by atoms with Gasteiger partial charge in [-0.05, 0) is 35.7 Å². The number of rotatable bonds is 2. The smallest absolute Gasteiger partial charge is 0.126 e. The zero-order valence-corrected chi connectivity index (χ0v) is 11.0. The Morgan fingerprint density at radius 2 is 1.79 bits per heavy atom. The summed E-state index contributed by atoms with van der Waals surface area (Å²) in [5.41, 5.74) is 7.93. The molecule has 1 nitrogen and oxygen atoms in total. The van der Waals surface area contributed by atoms with Crippen molar-refractivity contribution in [3.8, 4) is 0 Å². The van der Waals surface area contributed by atoms with E-state index in [1.54, 1.807) is 11.8 Å². The zero-order valence-electron chi connectivity index (χ0n) is 10.1. The molecule has 0 fully saturated rings. The van der Waals surface area contributed by atoms with Crippen LogP contribution >= 0.6 is 11.8 Å². The second kappa shape index (κ2) is 4.94. The monoisotopic (exact) mass is 277 g/mol. The molecule has 1 heterocycles. The Balaban J connectivity index is 1.84. The van der Waals surface area contributed by atoms with E-state index in [2.05, 4.69) is 12.1 Å². The summed E-state index contributed by atoms with van der Waals surface area (Å²) in [5.74, 6) is -1.16. The van der Waals surface area contributed by atoms with Gasteiger partial charge in [-0.3, -0.25) is 0 Å². The van der Waals surface area contributed by atoms with Crippen molar-refractivity contribution >= 4 is 11.8 Å². The summed E-state index contributed by atoms with van der Waals surface area (Å²) in [5, 5.41) is 0.124. The summed E-state index contributed by atoms with van der Waals surface area (Å²) in [6.07, 6.45) is 0.833. The lowest BCUT2D eigenvalue weighted by molar-refractivity contribution is 0.570.